The van der Waals surface area contributed by atoms with Gasteiger partial charge in [0.1, 0.15) is 0 Å². The lowest BCUT2D eigenvalue weighted by atomic mass is 9.92. The Morgan fingerprint density at radius 3 is 1.89 bits per heavy atom. The quantitative estimate of drug-likeness (QED) is 0.317. The van der Waals surface area contributed by atoms with Crippen LogP contribution < -0.4 is 0 Å². The van der Waals surface area contributed by atoms with Crippen LogP contribution >= 0.6 is 0 Å². The van der Waals surface area contributed by atoms with Crippen molar-refractivity contribution in [3.05, 3.63) is 107 Å². The average Bonchev–Trinajstić information content (AvgIpc) is 3.07. The third-order valence-electron chi connectivity index (χ3n) is 5.80. The fourth-order valence-electron chi connectivity index (χ4n) is 4.27. The third kappa shape index (κ3) is 2.69. The molecule has 0 fully saturated rings. The summed E-state index contributed by atoms with van der Waals surface area (Å²) in [6.07, 6.45) is 1.05. The summed E-state index contributed by atoms with van der Waals surface area (Å²) in [5.74, 6) is 0. The zero-order chi connectivity index (χ0) is 18.4. The second-order valence-corrected chi connectivity index (χ2v) is 7.55. The van der Waals surface area contributed by atoms with Crippen LogP contribution in [0, 0.1) is 13.8 Å². The molecule has 0 N–H and O–H groups in total. The van der Waals surface area contributed by atoms with Gasteiger partial charge in [-0.15, -0.1) is 0 Å². The van der Waals surface area contributed by atoms with Gasteiger partial charge in [-0.05, 0) is 88.0 Å². The van der Waals surface area contributed by atoms with Gasteiger partial charge in [0.25, 0.3) is 0 Å². The van der Waals surface area contributed by atoms with Gasteiger partial charge in [-0.1, -0.05) is 72.8 Å². The highest BCUT2D eigenvalue weighted by Crippen LogP contribution is 2.39. The molecule has 1 aliphatic rings. The molecule has 0 heteroatoms. The zero-order valence-electron chi connectivity index (χ0n) is 15.8. The predicted octanol–water partition coefficient (Wildman–Crippen LogP) is 7.21. The van der Waals surface area contributed by atoms with E-state index in [0.29, 0.717) is 0 Å². The number of benzene rings is 4. The van der Waals surface area contributed by atoms with E-state index in [1.54, 1.807) is 0 Å². The molecule has 0 spiro atoms. The molecular weight excluding hydrogens is 324 g/mol. The van der Waals surface area contributed by atoms with E-state index in [0.717, 1.165) is 6.42 Å². The van der Waals surface area contributed by atoms with Crippen molar-refractivity contribution in [3.8, 4) is 33.4 Å². The Morgan fingerprint density at radius 1 is 0.481 bits per heavy atom. The topological polar surface area (TPSA) is 0 Å². The first-order valence-corrected chi connectivity index (χ1v) is 9.59. The highest BCUT2D eigenvalue weighted by Gasteiger charge is 2.18. The van der Waals surface area contributed by atoms with Gasteiger partial charge >= 0.3 is 0 Å². The SMILES string of the molecule is Cc1ccccc1-c1cc(-c2ccc3c(c2)-c2ccccc2C3)ccc1C. The molecule has 0 atom stereocenters. The molecular formula is C27H22. The van der Waals surface area contributed by atoms with Crippen molar-refractivity contribution < 1.29 is 0 Å². The van der Waals surface area contributed by atoms with Crippen molar-refractivity contribution in [2.45, 2.75) is 20.3 Å². The van der Waals surface area contributed by atoms with Crippen LogP contribution in [0.3, 0.4) is 0 Å². The van der Waals surface area contributed by atoms with Gasteiger partial charge in [0.15, 0.2) is 0 Å². The Labute approximate surface area is 161 Å². The summed E-state index contributed by atoms with van der Waals surface area (Å²) in [5.41, 5.74) is 13.5. The lowest BCUT2D eigenvalue weighted by Crippen LogP contribution is -1.89. The van der Waals surface area contributed by atoms with Crippen molar-refractivity contribution in [3.63, 3.8) is 0 Å². The second-order valence-electron chi connectivity index (χ2n) is 7.55. The Morgan fingerprint density at radius 2 is 1.07 bits per heavy atom. The van der Waals surface area contributed by atoms with Crippen molar-refractivity contribution in [1.29, 1.82) is 0 Å². The lowest BCUT2D eigenvalue weighted by molar-refractivity contribution is 1.26. The van der Waals surface area contributed by atoms with Gasteiger partial charge in [-0.2, -0.15) is 0 Å². The van der Waals surface area contributed by atoms with E-state index in [-0.39, 0.29) is 0 Å². The largest absolute Gasteiger partial charge is 0.0620 e. The minimum Gasteiger partial charge on any atom is -0.0620 e. The smallest absolute Gasteiger partial charge is 0.00134 e. The molecule has 1 aliphatic carbocycles. The van der Waals surface area contributed by atoms with Gasteiger partial charge in [0.2, 0.25) is 0 Å². The highest BCUT2D eigenvalue weighted by molar-refractivity contribution is 5.83. The average molecular weight is 346 g/mol. The molecule has 0 nitrogen and oxygen atoms in total. The van der Waals surface area contributed by atoms with Crippen LogP contribution in [0.15, 0.2) is 84.9 Å². The fourth-order valence-corrected chi connectivity index (χ4v) is 4.27. The lowest BCUT2D eigenvalue weighted by Gasteiger charge is -2.13. The number of hydrogen-bond donors (Lipinski definition) is 0. The Balaban J connectivity index is 1.63. The van der Waals surface area contributed by atoms with Crippen LogP contribution in [0.1, 0.15) is 22.3 Å². The summed E-state index contributed by atoms with van der Waals surface area (Å²) in [7, 11) is 0. The number of fused-ring (bicyclic) bond motifs is 3. The van der Waals surface area contributed by atoms with Gasteiger partial charge in [-0.3, -0.25) is 0 Å². The summed E-state index contributed by atoms with van der Waals surface area (Å²) in [4.78, 5) is 0. The maximum atomic E-state index is 2.37. The Bertz CT molecular complexity index is 1160. The van der Waals surface area contributed by atoms with Crippen LogP contribution in [-0.4, -0.2) is 0 Å². The molecule has 0 radical (unpaired) electrons. The molecule has 0 aliphatic heterocycles. The number of hydrogen-bond acceptors (Lipinski definition) is 0. The first kappa shape index (κ1) is 16.1. The fraction of sp³-hybridized carbons (Fsp3) is 0.111. The zero-order valence-corrected chi connectivity index (χ0v) is 15.8. The van der Waals surface area contributed by atoms with E-state index in [9.17, 15) is 0 Å². The van der Waals surface area contributed by atoms with E-state index < -0.39 is 0 Å². The molecule has 0 bridgehead atoms. The summed E-state index contributed by atoms with van der Waals surface area (Å²) < 4.78 is 0. The molecule has 27 heavy (non-hydrogen) atoms. The summed E-state index contributed by atoms with van der Waals surface area (Å²) in [5, 5.41) is 0. The van der Waals surface area contributed by atoms with Gasteiger partial charge in [-0.25, -0.2) is 0 Å². The molecule has 0 aromatic heterocycles. The minimum atomic E-state index is 1.05. The summed E-state index contributed by atoms with van der Waals surface area (Å²) in [6, 6.07) is 31.2. The van der Waals surface area contributed by atoms with Crippen LogP contribution in [0.5, 0.6) is 0 Å². The molecule has 0 saturated heterocycles. The normalized spacial score (nSPS) is 11.9. The van der Waals surface area contributed by atoms with Crippen LogP contribution in [0.25, 0.3) is 33.4 Å². The number of aryl methyl sites for hydroxylation is 2. The molecule has 0 saturated carbocycles. The van der Waals surface area contributed by atoms with Crippen LogP contribution in [-0.2, 0) is 6.42 Å². The Kier molecular flexibility index (Phi) is 3.72. The van der Waals surface area contributed by atoms with E-state index >= 15 is 0 Å². The number of rotatable bonds is 2. The van der Waals surface area contributed by atoms with E-state index in [4.69, 9.17) is 0 Å². The van der Waals surface area contributed by atoms with Gasteiger partial charge in [0.05, 0.1) is 0 Å². The molecule has 0 amide bonds. The molecule has 130 valence electrons. The first-order chi connectivity index (χ1) is 13.2. The molecule has 5 rings (SSSR count). The standard InChI is InChI=1S/C27H22/c1-18-7-3-5-9-24(18)26-16-20(12-11-19(26)2)21-13-14-23-15-22-8-4-6-10-25(22)27(23)17-21/h3-14,16-17H,15H2,1-2H3. The van der Waals surface area contributed by atoms with Crippen LogP contribution in [0.2, 0.25) is 0 Å². The predicted molar refractivity (Wildman–Crippen MR) is 115 cm³/mol. The van der Waals surface area contributed by atoms with Gasteiger partial charge < -0.3 is 0 Å². The second kappa shape index (κ2) is 6.25. The van der Waals surface area contributed by atoms with Gasteiger partial charge in [0, 0.05) is 0 Å². The van der Waals surface area contributed by atoms with Crippen molar-refractivity contribution in [1.82, 2.24) is 0 Å². The molecule has 4 aromatic carbocycles. The van der Waals surface area contributed by atoms with Crippen molar-refractivity contribution in [2.75, 3.05) is 0 Å². The third-order valence-corrected chi connectivity index (χ3v) is 5.80. The van der Waals surface area contributed by atoms with Crippen molar-refractivity contribution >= 4 is 0 Å². The maximum Gasteiger partial charge on any atom is -0.00134 e. The van der Waals surface area contributed by atoms with Crippen LogP contribution in [0.4, 0.5) is 0 Å². The van der Waals surface area contributed by atoms with E-state index in [1.165, 1.54) is 55.6 Å². The first-order valence-electron chi connectivity index (χ1n) is 9.59. The maximum absolute atomic E-state index is 2.37. The summed E-state index contributed by atoms with van der Waals surface area (Å²) >= 11 is 0. The minimum absolute atomic E-state index is 1.05. The molecule has 4 aromatic rings. The van der Waals surface area contributed by atoms with E-state index in [1.807, 2.05) is 0 Å². The Hall–Kier alpha value is -3.12. The highest BCUT2D eigenvalue weighted by atomic mass is 14.2. The monoisotopic (exact) mass is 346 g/mol. The van der Waals surface area contributed by atoms with Crippen molar-refractivity contribution in [2.24, 2.45) is 0 Å². The molecule has 0 heterocycles. The molecule has 0 unspecified atom stereocenters. The summed E-state index contributed by atoms with van der Waals surface area (Å²) in [6.45, 7) is 4.39. The van der Waals surface area contributed by atoms with E-state index in [2.05, 4.69) is 98.8 Å².